The average molecular weight is 268 g/mol. The Bertz CT molecular complexity index is 577. The Kier molecular flexibility index (Phi) is 4.41. The lowest BCUT2D eigenvalue weighted by atomic mass is 10.2. The van der Waals surface area contributed by atoms with Crippen LogP contribution in [0.5, 0.6) is 0 Å². The molecule has 3 N–H and O–H groups in total. The third kappa shape index (κ3) is 3.95. The molecule has 0 aliphatic carbocycles. The van der Waals surface area contributed by atoms with Crippen molar-refractivity contribution in [3.05, 3.63) is 34.2 Å². The van der Waals surface area contributed by atoms with Crippen molar-refractivity contribution in [2.75, 3.05) is 0 Å². The van der Waals surface area contributed by atoms with E-state index in [-0.39, 0.29) is 5.56 Å². The second kappa shape index (κ2) is 5.80. The summed E-state index contributed by atoms with van der Waals surface area (Å²) in [6.07, 6.45) is 0.607. The van der Waals surface area contributed by atoms with Gasteiger partial charge < -0.3 is 20.1 Å². The van der Waals surface area contributed by atoms with Gasteiger partial charge in [0.25, 0.3) is 11.5 Å². The molecular weight excluding hydrogens is 256 g/mol. The van der Waals surface area contributed by atoms with Gasteiger partial charge in [0.2, 0.25) is 0 Å². The van der Waals surface area contributed by atoms with Crippen molar-refractivity contribution in [1.82, 2.24) is 9.88 Å². The lowest BCUT2D eigenvalue weighted by Crippen LogP contribution is -2.42. The van der Waals surface area contributed by atoms with Crippen molar-refractivity contribution in [2.24, 2.45) is 7.05 Å². The number of aliphatic carboxylic acids is 2. The highest BCUT2D eigenvalue weighted by atomic mass is 16.4. The lowest BCUT2D eigenvalue weighted by molar-refractivity contribution is -0.145. The number of hydrogen-bond donors (Lipinski definition) is 3. The summed E-state index contributed by atoms with van der Waals surface area (Å²) in [7, 11) is 1.49. The van der Waals surface area contributed by atoms with Gasteiger partial charge in [0.1, 0.15) is 6.04 Å². The highest BCUT2D eigenvalue weighted by Crippen LogP contribution is 1.99. The van der Waals surface area contributed by atoms with Crippen molar-refractivity contribution in [1.29, 1.82) is 0 Å². The van der Waals surface area contributed by atoms with E-state index in [4.69, 9.17) is 10.2 Å². The second-order valence-corrected chi connectivity index (χ2v) is 3.83. The number of aromatic nitrogens is 1. The zero-order valence-electron chi connectivity index (χ0n) is 9.99. The zero-order chi connectivity index (χ0) is 14.6. The summed E-state index contributed by atoms with van der Waals surface area (Å²) in [5, 5.41) is 19.3. The Morgan fingerprint density at radius 1 is 1.37 bits per heavy atom. The summed E-state index contributed by atoms with van der Waals surface area (Å²) in [5.74, 6) is -3.62. The molecule has 0 fully saturated rings. The van der Waals surface area contributed by atoms with E-state index in [1.165, 1.54) is 23.9 Å². The van der Waals surface area contributed by atoms with Crippen LogP contribution in [0.4, 0.5) is 0 Å². The molecule has 0 saturated heterocycles. The minimum Gasteiger partial charge on any atom is -0.481 e. The molecule has 102 valence electrons. The van der Waals surface area contributed by atoms with Crippen molar-refractivity contribution in [3.63, 3.8) is 0 Å². The van der Waals surface area contributed by atoms with Gasteiger partial charge in [-0.1, -0.05) is 0 Å². The maximum atomic E-state index is 11.7. The van der Waals surface area contributed by atoms with Gasteiger partial charge in [-0.15, -0.1) is 0 Å². The fraction of sp³-hybridized carbons (Fsp3) is 0.273. The number of rotatable bonds is 5. The van der Waals surface area contributed by atoms with E-state index in [0.29, 0.717) is 0 Å². The third-order valence-corrected chi connectivity index (χ3v) is 2.35. The molecule has 0 aliphatic heterocycles. The number of aryl methyl sites for hydroxylation is 1. The first-order chi connectivity index (χ1) is 8.81. The minimum atomic E-state index is -1.55. The number of nitrogens with zero attached hydrogens (tertiary/aromatic N) is 1. The maximum absolute atomic E-state index is 11.7. The number of carbonyl (C=O) groups is 3. The molecule has 8 nitrogen and oxygen atoms in total. The Balaban J connectivity index is 2.87. The summed E-state index contributed by atoms with van der Waals surface area (Å²) in [6.45, 7) is 0. The Labute approximate surface area is 107 Å². The smallest absolute Gasteiger partial charge is 0.326 e. The minimum absolute atomic E-state index is 0.0280. The van der Waals surface area contributed by atoms with Crippen LogP contribution in [0, 0.1) is 0 Å². The molecule has 1 aromatic rings. The van der Waals surface area contributed by atoms with Crippen LogP contribution in [-0.4, -0.2) is 38.7 Å². The van der Waals surface area contributed by atoms with Crippen molar-refractivity contribution in [2.45, 2.75) is 12.5 Å². The first-order valence-corrected chi connectivity index (χ1v) is 5.23. The molecule has 19 heavy (non-hydrogen) atoms. The number of amides is 1. The van der Waals surface area contributed by atoms with Crippen molar-refractivity contribution in [3.8, 4) is 0 Å². The van der Waals surface area contributed by atoms with E-state index in [1.807, 2.05) is 5.32 Å². The predicted molar refractivity (Wildman–Crippen MR) is 62.8 cm³/mol. The van der Waals surface area contributed by atoms with Crippen LogP contribution in [0.3, 0.4) is 0 Å². The first-order valence-electron chi connectivity index (χ1n) is 5.23. The van der Waals surface area contributed by atoms with Crippen molar-refractivity contribution < 1.29 is 24.6 Å². The van der Waals surface area contributed by atoms with E-state index in [1.54, 1.807) is 0 Å². The monoisotopic (exact) mass is 268 g/mol. The molecule has 1 atom stereocenters. The third-order valence-electron chi connectivity index (χ3n) is 2.35. The van der Waals surface area contributed by atoms with Crippen molar-refractivity contribution >= 4 is 17.8 Å². The molecule has 1 rings (SSSR count). The summed E-state index contributed by atoms with van der Waals surface area (Å²) in [6, 6.07) is 0.819. The summed E-state index contributed by atoms with van der Waals surface area (Å²) in [4.78, 5) is 44.2. The molecule has 0 saturated carbocycles. The fourth-order valence-electron chi connectivity index (χ4n) is 1.31. The van der Waals surface area contributed by atoms with Crippen LogP contribution in [0.15, 0.2) is 23.1 Å². The summed E-state index contributed by atoms with van der Waals surface area (Å²) >= 11 is 0. The van der Waals surface area contributed by atoms with Gasteiger partial charge in [-0.2, -0.15) is 0 Å². The maximum Gasteiger partial charge on any atom is 0.326 e. The number of carbonyl (C=O) groups excluding carboxylic acids is 1. The topological polar surface area (TPSA) is 126 Å². The Hall–Kier alpha value is -2.64. The van der Waals surface area contributed by atoms with Crippen LogP contribution in [-0.2, 0) is 16.6 Å². The molecule has 0 bridgehead atoms. The Morgan fingerprint density at radius 2 is 2.00 bits per heavy atom. The van der Waals surface area contributed by atoms with E-state index >= 15 is 0 Å². The average Bonchev–Trinajstić information content (AvgIpc) is 2.31. The molecular formula is C11H12N2O6. The van der Waals surface area contributed by atoms with Gasteiger partial charge in [0.05, 0.1) is 6.42 Å². The predicted octanol–water partition coefficient (Wildman–Crippen LogP) is -0.957. The SMILES string of the molecule is Cn1ccc(C(=O)NC(CC(=O)O)C(=O)O)cc1=O. The molecule has 0 spiro atoms. The van der Waals surface area contributed by atoms with Gasteiger partial charge in [0.15, 0.2) is 0 Å². The van der Waals surface area contributed by atoms with E-state index in [9.17, 15) is 19.2 Å². The van der Waals surface area contributed by atoms with E-state index in [2.05, 4.69) is 0 Å². The first kappa shape index (κ1) is 14.4. The normalized spacial score (nSPS) is 11.6. The van der Waals surface area contributed by atoms with Crippen LogP contribution < -0.4 is 10.9 Å². The number of carboxylic acids is 2. The standard InChI is InChI=1S/C11H12N2O6/c1-13-3-2-6(4-8(13)14)10(17)12-7(11(18)19)5-9(15)16/h2-4,7H,5H2,1H3,(H,12,17)(H,15,16)(H,18,19). The van der Waals surface area contributed by atoms with Gasteiger partial charge in [-0.05, 0) is 6.07 Å². The van der Waals surface area contributed by atoms with Crippen LogP contribution in [0.2, 0.25) is 0 Å². The van der Waals surface area contributed by atoms with Gasteiger partial charge in [-0.25, -0.2) is 4.79 Å². The van der Waals surface area contributed by atoms with E-state index in [0.717, 1.165) is 6.07 Å². The number of carboxylic acid groups (broad SMARTS) is 2. The molecule has 1 unspecified atom stereocenters. The summed E-state index contributed by atoms with van der Waals surface area (Å²) in [5.41, 5.74) is -0.461. The number of pyridine rings is 1. The number of hydrogen-bond acceptors (Lipinski definition) is 4. The van der Waals surface area contributed by atoms with Crippen LogP contribution in [0.25, 0.3) is 0 Å². The zero-order valence-corrected chi connectivity index (χ0v) is 9.99. The molecule has 0 aliphatic rings. The second-order valence-electron chi connectivity index (χ2n) is 3.83. The molecule has 1 heterocycles. The Morgan fingerprint density at radius 3 is 2.47 bits per heavy atom. The van der Waals surface area contributed by atoms with Gasteiger partial charge >= 0.3 is 11.9 Å². The quantitative estimate of drug-likeness (QED) is 0.631. The highest BCUT2D eigenvalue weighted by molar-refractivity contribution is 5.97. The fourth-order valence-corrected chi connectivity index (χ4v) is 1.31. The molecule has 0 radical (unpaired) electrons. The summed E-state index contributed by atoms with van der Waals surface area (Å²) < 4.78 is 1.24. The largest absolute Gasteiger partial charge is 0.481 e. The molecule has 1 amide bonds. The molecule has 0 aromatic carbocycles. The molecule has 1 aromatic heterocycles. The van der Waals surface area contributed by atoms with Crippen LogP contribution >= 0.6 is 0 Å². The van der Waals surface area contributed by atoms with Gasteiger partial charge in [0, 0.05) is 24.9 Å². The van der Waals surface area contributed by atoms with Crippen LogP contribution in [0.1, 0.15) is 16.8 Å². The molecule has 8 heteroatoms. The van der Waals surface area contributed by atoms with E-state index < -0.39 is 35.9 Å². The highest BCUT2D eigenvalue weighted by Gasteiger charge is 2.23. The van der Waals surface area contributed by atoms with Gasteiger partial charge in [-0.3, -0.25) is 14.4 Å². The number of nitrogens with one attached hydrogen (secondary N) is 1. The lowest BCUT2D eigenvalue weighted by Gasteiger charge is -2.12.